The summed E-state index contributed by atoms with van der Waals surface area (Å²) in [5.41, 5.74) is 0.760. The number of hydrogen-bond donors (Lipinski definition) is 1. The molecule has 0 unspecified atom stereocenters. The molecule has 2 aromatic carbocycles. The summed E-state index contributed by atoms with van der Waals surface area (Å²) in [6.07, 6.45) is -3.03. The van der Waals surface area contributed by atoms with E-state index in [0.29, 0.717) is 10.9 Å². The minimum Gasteiger partial charge on any atom is -0.360 e. The van der Waals surface area contributed by atoms with Gasteiger partial charge in [0.2, 0.25) is 11.3 Å². The second-order valence-electron chi connectivity index (χ2n) is 6.08. The fourth-order valence-corrected chi connectivity index (χ4v) is 2.78. The minimum atomic E-state index is -4.48. The summed E-state index contributed by atoms with van der Waals surface area (Å²) in [7, 11) is 0. The number of benzene rings is 2. The van der Waals surface area contributed by atoms with Crippen LogP contribution >= 0.6 is 0 Å². The molecule has 0 atom stereocenters. The Morgan fingerprint density at radius 3 is 2.70 bits per heavy atom. The van der Waals surface area contributed by atoms with E-state index in [1.165, 1.54) is 18.3 Å². The Labute approximate surface area is 150 Å². The Morgan fingerprint density at radius 2 is 1.93 bits per heavy atom. The van der Waals surface area contributed by atoms with Gasteiger partial charge in [-0.05, 0) is 31.2 Å². The van der Waals surface area contributed by atoms with Crippen molar-refractivity contribution >= 4 is 10.9 Å². The van der Waals surface area contributed by atoms with Crippen LogP contribution in [0.3, 0.4) is 0 Å². The maximum atomic E-state index is 12.9. The first-order chi connectivity index (χ1) is 12.8. The molecule has 4 rings (SSSR count). The Bertz CT molecular complexity index is 1210. The second-order valence-corrected chi connectivity index (χ2v) is 6.08. The van der Waals surface area contributed by atoms with E-state index in [4.69, 9.17) is 4.52 Å². The van der Waals surface area contributed by atoms with Gasteiger partial charge in [0.25, 0.3) is 5.89 Å². The van der Waals surface area contributed by atoms with Crippen molar-refractivity contribution in [3.8, 4) is 22.8 Å². The summed E-state index contributed by atoms with van der Waals surface area (Å²) in [5, 5.41) is 4.18. The predicted molar refractivity (Wildman–Crippen MR) is 93.0 cm³/mol. The van der Waals surface area contributed by atoms with Gasteiger partial charge in [-0.1, -0.05) is 28.9 Å². The van der Waals surface area contributed by atoms with Gasteiger partial charge in [-0.15, -0.1) is 0 Å². The van der Waals surface area contributed by atoms with Gasteiger partial charge in [-0.2, -0.15) is 18.2 Å². The van der Waals surface area contributed by atoms with Gasteiger partial charge in [0.05, 0.1) is 5.56 Å². The molecule has 0 radical (unpaired) electrons. The molecule has 2 heterocycles. The van der Waals surface area contributed by atoms with Crippen molar-refractivity contribution < 1.29 is 17.7 Å². The van der Waals surface area contributed by atoms with E-state index in [2.05, 4.69) is 15.1 Å². The fourth-order valence-electron chi connectivity index (χ4n) is 2.78. The van der Waals surface area contributed by atoms with Crippen molar-refractivity contribution in [2.45, 2.75) is 13.1 Å². The van der Waals surface area contributed by atoms with Crippen LogP contribution < -0.4 is 5.43 Å². The molecule has 0 amide bonds. The standard InChI is InChI=1S/C19H12F3N3O2/c1-10-5-6-15-13(7-10)16(26)14(9-23-15)18-24-17(25-27-18)11-3-2-4-12(8-11)19(20,21)22/h2-9H,1H3,(H,23,26). The number of rotatable bonds is 2. The molecular formula is C19H12F3N3O2. The van der Waals surface area contributed by atoms with Crippen molar-refractivity contribution in [2.75, 3.05) is 0 Å². The third-order valence-electron chi connectivity index (χ3n) is 4.14. The zero-order chi connectivity index (χ0) is 19.2. The average Bonchev–Trinajstić information content (AvgIpc) is 3.12. The number of aryl methyl sites for hydroxylation is 1. The topological polar surface area (TPSA) is 71.8 Å². The smallest absolute Gasteiger partial charge is 0.360 e. The van der Waals surface area contributed by atoms with Crippen LogP contribution in [0.5, 0.6) is 0 Å². The summed E-state index contributed by atoms with van der Waals surface area (Å²) in [6, 6.07) is 10.00. The maximum Gasteiger partial charge on any atom is 0.416 e. The van der Waals surface area contributed by atoms with Crippen LogP contribution in [0.4, 0.5) is 13.2 Å². The molecule has 5 nitrogen and oxygen atoms in total. The molecule has 0 saturated heterocycles. The van der Waals surface area contributed by atoms with E-state index in [1.807, 2.05) is 13.0 Å². The summed E-state index contributed by atoms with van der Waals surface area (Å²) in [4.78, 5) is 19.8. The Balaban J connectivity index is 1.79. The van der Waals surface area contributed by atoms with E-state index in [9.17, 15) is 18.0 Å². The molecule has 1 N–H and O–H groups in total. The SMILES string of the molecule is Cc1ccc2[nH]cc(-c3nc(-c4cccc(C(F)(F)F)c4)no3)c(=O)c2c1. The lowest BCUT2D eigenvalue weighted by molar-refractivity contribution is -0.137. The average molecular weight is 371 g/mol. The molecule has 0 aliphatic carbocycles. The van der Waals surface area contributed by atoms with E-state index in [1.54, 1.807) is 12.1 Å². The number of hydrogen-bond acceptors (Lipinski definition) is 4. The molecule has 0 aliphatic heterocycles. The monoisotopic (exact) mass is 371 g/mol. The van der Waals surface area contributed by atoms with Gasteiger partial charge in [-0.25, -0.2) is 0 Å². The molecule has 4 aromatic rings. The number of alkyl halides is 3. The number of nitrogens with zero attached hydrogens (tertiary/aromatic N) is 2. The van der Waals surface area contributed by atoms with E-state index in [0.717, 1.165) is 17.7 Å². The lowest BCUT2D eigenvalue weighted by Gasteiger charge is -2.06. The molecular weight excluding hydrogens is 359 g/mol. The van der Waals surface area contributed by atoms with Crippen LogP contribution in [0.2, 0.25) is 0 Å². The fraction of sp³-hybridized carbons (Fsp3) is 0.105. The van der Waals surface area contributed by atoms with Crippen LogP contribution in [0.25, 0.3) is 33.7 Å². The van der Waals surface area contributed by atoms with Crippen LogP contribution in [-0.2, 0) is 6.18 Å². The van der Waals surface area contributed by atoms with Gasteiger partial charge in [0, 0.05) is 22.7 Å². The van der Waals surface area contributed by atoms with Crippen LogP contribution in [0, 0.1) is 6.92 Å². The molecule has 2 aromatic heterocycles. The van der Waals surface area contributed by atoms with Crippen LogP contribution in [0.15, 0.2) is 58.0 Å². The number of aromatic amines is 1. The van der Waals surface area contributed by atoms with Crippen molar-refractivity contribution in [2.24, 2.45) is 0 Å². The predicted octanol–water partition coefficient (Wildman–Crippen LogP) is 4.57. The highest BCUT2D eigenvalue weighted by Gasteiger charge is 2.30. The number of H-pyrrole nitrogens is 1. The number of pyridine rings is 1. The van der Waals surface area contributed by atoms with E-state index < -0.39 is 11.7 Å². The lowest BCUT2D eigenvalue weighted by Crippen LogP contribution is -2.06. The zero-order valence-corrected chi connectivity index (χ0v) is 14.0. The molecule has 0 aliphatic rings. The largest absolute Gasteiger partial charge is 0.416 e. The highest BCUT2D eigenvalue weighted by atomic mass is 19.4. The van der Waals surface area contributed by atoms with Crippen LogP contribution in [0.1, 0.15) is 11.1 Å². The number of nitrogens with one attached hydrogen (secondary N) is 1. The summed E-state index contributed by atoms with van der Waals surface area (Å²) < 4.78 is 43.8. The van der Waals surface area contributed by atoms with Crippen molar-refractivity contribution in [3.05, 3.63) is 70.0 Å². The number of fused-ring (bicyclic) bond motifs is 1. The molecule has 0 fully saturated rings. The highest BCUT2D eigenvalue weighted by molar-refractivity contribution is 5.82. The number of halogens is 3. The molecule has 0 saturated carbocycles. The van der Waals surface area contributed by atoms with Gasteiger partial charge >= 0.3 is 6.18 Å². The first kappa shape index (κ1) is 17.0. The van der Waals surface area contributed by atoms with Crippen LogP contribution in [-0.4, -0.2) is 15.1 Å². The molecule has 8 heteroatoms. The van der Waals surface area contributed by atoms with E-state index >= 15 is 0 Å². The summed E-state index contributed by atoms with van der Waals surface area (Å²) in [6.45, 7) is 1.87. The lowest BCUT2D eigenvalue weighted by atomic mass is 10.1. The van der Waals surface area contributed by atoms with Gasteiger partial charge in [-0.3, -0.25) is 4.79 Å². The third-order valence-corrected chi connectivity index (χ3v) is 4.14. The van der Waals surface area contributed by atoms with Gasteiger partial charge in [0.15, 0.2) is 0 Å². The van der Waals surface area contributed by atoms with Crippen molar-refractivity contribution in [1.82, 2.24) is 15.1 Å². The molecule has 136 valence electrons. The zero-order valence-electron chi connectivity index (χ0n) is 14.0. The van der Waals surface area contributed by atoms with Gasteiger partial charge < -0.3 is 9.51 Å². The molecule has 0 bridgehead atoms. The molecule has 0 spiro atoms. The Hall–Kier alpha value is -3.42. The Kier molecular flexibility index (Phi) is 3.83. The summed E-state index contributed by atoms with van der Waals surface area (Å²) in [5.74, 6) is -0.0908. The first-order valence-electron chi connectivity index (χ1n) is 7.97. The number of aromatic nitrogens is 3. The van der Waals surface area contributed by atoms with Crippen molar-refractivity contribution in [3.63, 3.8) is 0 Å². The highest BCUT2D eigenvalue weighted by Crippen LogP contribution is 2.31. The Morgan fingerprint density at radius 1 is 1.11 bits per heavy atom. The normalized spacial score (nSPS) is 11.9. The maximum absolute atomic E-state index is 12.9. The molecule has 27 heavy (non-hydrogen) atoms. The third kappa shape index (κ3) is 3.10. The minimum absolute atomic E-state index is 0.0279. The second kappa shape index (κ2) is 6.08. The van der Waals surface area contributed by atoms with E-state index in [-0.39, 0.29) is 28.3 Å². The quantitative estimate of drug-likeness (QED) is 0.560. The first-order valence-corrected chi connectivity index (χ1v) is 7.97. The summed E-state index contributed by atoms with van der Waals surface area (Å²) >= 11 is 0. The van der Waals surface area contributed by atoms with Crippen molar-refractivity contribution in [1.29, 1.82) is 0 Å². The van der Waals surface area contributed by atoms with Gasteiger partial charge in [0.1, 0.15) is 5.56 Å².